The number of carbonyl (C=O) groups excluding carboxylic acids is 1. The first-order valence-electron chi connectivity index (χ1n) is 8.13. The SMILES string of the molecule is O=C(Nc1ccc(-n2cnnn2)cc1)c1ccnc(OC2CCOC2)c1. The van der Waals surface area contributed by atoms with Gasteiger partial charge >= 0.3 is 0 Å². The first kappa shape index (κ1) is 16.2. The van der Waals surface area contributed by atoms with Crippen molar-refractivity contribution in [2.75, 3.05) is 18.5 Å². The van der Waals surface area contributed by atoms with Crippen molar-refractivity contribution >= 4 is 11.6 Å². The summed E-state index contributed by atoms with van der Waals surface area (Å²) in [5.41, 5.74) is 1.93. The Balaban J connectivity index is 1.42. The average Bonchev–Trinajstić information content (AvgIpc) is 3.36. The van der Waals surface area contributed by atoms with Crippen LogP contribution in [-0.4, -0.2) is 50.4 Å². The van der Waals surface area contributed by atoms with Gasteiger partial charge in [0.05, 0.1) is 18.9 Å². The van der Waals surface area contributed by atoms with E-state index in [2.05, 4.69) is 25.8 Å². The second kappa shape index (κ2) is 7.28. The van der Waals surface area contributed by atoms with Gasteiger partial charge in [0.25, 0.3) is 5.91 Å². The van der Waals surface area contributed by atoms with Gasteiger partial charge in [0.15, 0.2) is 0 Å². The van der Waals surface area contributed by atoms with Gasteiger partial charge in [-0.2, -0.15) is 0 Å². The van der Waals surface area contributed by atoms with Crippen LogP contribution in [0.2, 0.25) is 0 Å². The molecule has 3 aromatic rings. The third-order valence-corrected chi connectivity index (χ3v) is 3.91. The van der Waals surface area contributed by atoms with Crippen molar-refractivity contribution in [3.63, 3.8) is 0 Å². The number of aromatic nitrogens is 5. The second-order valence-electron chi connectivity index (χ2n) is 5.74. The van der Waals surface area contributed by atoms with Crippen molar-refractivity contribution in [2.24, 2.45) is 0 Å². The minimum Gasteiger partial charge on any atom is -0.472 e. The van der Waals surface area contributed by atoms with Gasteiger partial charge in [-0.3, -0.25) is 4.79 Å². The number of anilines is 1. The second-order valence-corrected chi connectivity index (χ2v) is 5.74. The lowest BCUT2D eigenvalue weighted by molar-refractivity contribution is 0.102. The topological polar surface area (TPSA) is 104 Å². The number of carbonyl (C=O) groups is 1. The number of tetrazole rings is 1. The van der Waals surface area contributed by atoms with Gasteiger partial charge in [0.1, 0.15) is 12.4 Å². The minimum absolute atomic E-state index is 0.0142. The third-order valence-electron chi connectivity index (χ3n) is 3.91. The van der Waals surface area contributed by atoms with Crippen LogP contribution < -0.4 is 10.1 Å². The molecule has 0 radical (unpaired) electrons. The van der Waals surface area contributed by atoms with E-state index >= 15 is 0 Å². The summed E-state index contributed by atoms with van der Waals surface area (Å²) in [7, 11) is 0. The van der Waals surface area contributed by atoms with Crippen LogP contribution in [0.25, 0.3) is 5.69 Å². The van der Waals surface area contributed by atoms with Gasteiger partial charge in [-0.1, -0.05) is 0 Å². The van der Waals surface area contributed by atoms with Crippen LogP contribution in [0.3, 0.4) is 0 Å². The summed E-state index contributed by atoms with van der Waals surface area (Å²) < 4.78 is 12.5. The fourth-order valence-corrected chi connectivity index (χ4v) is 2.57. The fourth-order valence-electron chi connectivity index (χ4n) is 2.57. The van der Waals surface area contributed by atoms with Crippen LogP contribution >= 0.6 is 0 Å². The molecule has 1 N–H and O–H groups in total. The van der Waals surface area contributed by atoms with Gasteiger partial charge < -0.3 is 14.8 Å². The molecule has 1 aliphatic heterocycles. The van der Waals surface area contributed by atoms with E-state index in [0.717, 1.165) is 12.1 Å². The molecule has 4 rings (SSSR count). The Morgan fingerprint density at radius 2 is 2.15 bits per heavy atom. The molecule has 1 saturated heterocycles. The number of rotatable bonds is 5. The molecule has 3 heterocycles. The van der Waals surface area contributed by atoms with E-state index in [0.29, 0.717) is 30.3 Å². The highest BCUT2D eigenvalue weighted by atomic mass is 16.5. The molecule has 0 bridgehead atoms. The van der Waals surface area contributed by atoms with Crippen molar-refractivity contribution in [1.82, 2.24) is 25.2 Å². The fraction of sp³-hybridized carbons (Fsp3) is 0.235. The van der Waals surface area contributed by atoms with Crippen LogP contribution in [-0.2, 0) is 4.74 Å². The van der Waals surface area contributed by atoms with Crippen LogP contribution in [0.15, 0.2) is 48.9 Å². The Morgan fingerprint density at radius 1 is 1.27 bits per heavy atom. The Bertz CT molecular complexity index is 876. The summed E-state index contributed by atoms with van der Waals surface area (Å²) in [6, 6.07) is 10.5. The zero-order valence-electron chi connectivity index (χ0n) is 13.8. The zero-order valence-corrected chi connectivity index (χ0v) is 13.8. The molecule has 0 aliphatic carbocycles. The Morgan fingerprint density at radius 3 is 2.88 bits per heavy atom. The van der Waals surface area contributed by atoms with Gasteiger partial charge in [-0.15, -0.1) is 5.10 Å². The van der Waals surface area contributed by atoms with Gasteiger partial charge in [-0.25, -0.2) is 9.67 Å². The maximum Gasteiger partial charge on any atom is 0.255 e. The minimum atomic E-state index is -0.241. The molecule has 1 aromatic carbocycles. The molecular weight excluding hydrogens is 336 g/mol. The van der Waals surface area contributed by atoms with E-state index in [1.54, 1.807) is 30.5 Å². The highest BCUT2D eigenvalue weighted by Crippen LogP contribution is 2.17. The van der Waals surface area contributed by atoms with E-state index < -0.39 is 0 Å². The Kier molecular flexibility index (Phi) is 4.52. The number of pyridine rings is 1. The standard InChI is InChI=1S/C17H16N6O3/c24-17(12-5-7-18-16(9-12)26-15-6-8-25-10-15)20-13-1-3-14(4-2-13)23-11-19-21-22-23/h1-5,7,9,11,15H,6,8,10H2,(H,20,24). The number of amides is 1. The number of ether oxygens (including phenoxy) is 2. The average molecular weight is 352 g/mol. The molecule has 9 heteroatoms. The summed E-state index contributed by atoms with van der Waals surface area (Å²) in [5, 5.41) is 13.8. The highest BCUT2D eigenvalue weighted by molar-refractivity contribution is 6.04. The van der Waals surface area contributed by atoms with Gasteiger partial charge in [-0.05, 0) is 40.8 Å². The summed E-state index contributed by atoms with van der Waals surface area (Å²) in [4.78, 5) is 16.6. The molecule has 1 atom stereocenters. The molecule has 0 spiro atoms. The van der Waals surface area contributed by atoms with E-state index in [9.17, 15) is 4.79 Å². The molecule has 0 saturated carbocycles. The number of benzene rings is 1. The lowest BCUT2D eigenvalue weighted by Gasteiger charge is -2.11. The smallest absolute Gasteiger partial charge is 0.255 e. The van der Waals surface area contributed by atoms with Crippen LogP contribution in [0.5, 0.6) is 5.88 Å². The Labute approximate surface area is 149 Å². The molecule has 2 aromatic heterocycles. The van der Waals surface area contributed by atoms with Crippen LogP contribution in [0.1, 0.15) is 16.8 Å². The van der Waals surface area contributed by atoms with Crippen molar-refractivity contribution in [1.29, 1.82) is 0 Å². The van der Waals surface area contributed by atoms with Crippen molar-refractivity contribution in [3.8, 4) is 11.6 Å². The maximum atomic E-state index is 12.5. The number of hydrogen-bond donors (Lipinski definition) is 1. The van der Waals surface area contributed by atoms with E-state index in [-0.39, 0.29) is 12.0 Å². The molecule has 26 heavy (non-hydrogen) atoms. The molecule has 1 amide bonds. The zero-order chi connectivity index (χ0) is 17.8. The summed E-state index contributed by atoms with van der Waals surface area (Å²) in [6.45, 7) is 1.23. The molecule has 9 nitrogen and oxygen atoms in total. The van der Waals surface area contributed by atoms with Gasteiger partial charge in [0, 0.05) is 29.9 Å². The molecule has 1 unspecified atom stereocenters. The van der Waals surface area contributed by atoms with E-state index in [1.165, 1.54) is 11.0 Å². The van der Waals surface area contributed by atoms with Crippen molar-refractivity contribution < 1.29 is 14.3 Å². The largest absolute Gasteiger partial charge is 0.472 e. The first-order chi connectivity index (χ1) is 12.8. The summed E-state index contributed by atoms with van der Waals surface area (Å²) >= 11 is 0. The first-order valence-corrected chi connectivity index (χ1v) is 8.13. The lowest BCUT2D eigenvalue weighted by atomic mass is 10.2. The predicted octanol–water partition coefficient (Wildman–Crippen LogP) is 1.48. The van der Waals surface area contributed by atoms with Crippen molar-refractivity contribution in [3.05, 3.63) is 54.5 Å². The number of nitrogens with one attached hydrogen (secondary N) is 1. The summed E-state index contributed by atoms with van der Waals surface area (Å²) in [6.07, 6.45) is 3.87. The Hall–Kier alpha value is -3.33. The molecule has 1 fully saturated rings. The van der Waals surface area contributed by atoms with Crippen molar-refractivity contribution in [2.45, 2.75) is 12.5 Å². The molecule has 132 valence electrons. The highest BCUT2D eigenvalue weighted by Gasteiger charge is 2.18. The monoisotopic (exact) mass is 352 g/mol. The predicted molar refractivity (Wildman–Crippen MR) is 91.2 cm³/mol. The van der Waals surface area contributed by atoms with Gasteiger partial charge in [0.2, 0.25) is 5.88 Å². The number of nitrogens with zero attached hydrogens (tertiary/aromatic N) is 5. The normalized spacial score (nSPS) is 16.4. The lowest BCUT2D eigenvalue weighted by Crippen LogP contribution is -2.17. The third kappa shape index (κ3) is 3.67. The van der Waals surface area contributed by atoms with E-state index in [1.807, 2.05) is 12.1 Å². The molecular formula is C17H16N6O3. The summed E-state index contributed by atoms with van der Waals surface area (Å²) in [5.74, 6) is 0.178. The van der Waals surface area contributed by atoms with Crippen LogP contribution in [0, 0.1) is 0 Å². The van der Waals surface area contributed by atoms with Crippen LogP contribution in [0.4, 0.5) is 5.69 Å². The van der Waals surface area contributed by atoms with E-state index in [4.69, 9.17) is 9.47 Å². The number of hydrogen-bond acceptors (Lipinski definition) is 7. The quantitative estimate of drug-likeness (QED) is 0.741. The molecule has 1 aliphatic rings. The maximum absolute atomic E-state index is 12.5.